The first-order valence-corrected chi connectivity index (χ1v) is 14.9. The predicted octanol–water partition coefficient (Wildman–Crippen LogP) is 4.60. The average molecular weight is 636 g/mol. The molecule has 1 amide bonds. The van der Waals surface area contributed by atoms with Crippen molar-refractivity contribution in [3.05, 3.63) is 81.8 Å². The fourth-order valence-electron chi connectivity index (χ4n) is 4.76. The number of sulfonamides is 1. The molecule has 222 valence electrons. The Balaban J connectivity index is 1.88. The number of hydrogen-bond donors (Lipinski definition) is 0. The normalized spacial score (nSPS) is 14.8. The summed E-state index contributed by atoms with van der Waals surface area (Å²) in [7, 11) is -0.551. The highest BCUT2D eigenvalue weighted by molar-refractivity contribution is 7.92. The molecule has 0 spiro atoms. The number of rotatable bonds is 10. The number of esters is 1. The first kappa shape index (κ1) is 31.1. The molecule has 0 N–H and O–H groups in total. The molecule has 0 bridgehead atoms. The van der Waals surface area contributed by atoms with Crippen molar-refractivity contribution in [3.63, 3.8) is 0 Å². The van der Waals surface area contributed by atoms with Crippen LogP contribution in [-0.4, -0.2) is 71.4 Å². The highest BCUT2D eigenvalue weighted by Crippen LogP contribution is 2.36. The zero-order valence-corrected chi connectivity index (χ0v) is 25.3. The fraction of sp³-hybridized carbons (Fsp3) is 0.276. The lowest BCUT2D eigenvalue weighted by Gasteiger charge is -2.30. The largest absolute Gasteiger partial charge is 0.493 e. The molecular weight excluding hydrogens is 607 g/mol. The van der Waals surface area contributed by atoms with Gasteiger partial charge in [-0.1, -0.05) is 35.3 Å². The number of ether oxygens (including phenoxy) is 3. The monoisotopic (exact) mass is 634 g/mol. The fourth-order valence-corrected chi connectivity index (χ4v) is 6.60. The van der Waals surface area contributed by atoms with Gasteiger partial charge >= 0.3 is 5.97 Å². The van der Waals surface area contributed by atoms with Crippen LogP contribution in [0.1, 0.15) is 28.8 Å². The number of amides is 1. The number of anilines is 1. The molecule has 10 nitrogen and oxygen atoms in total. The number of hydrogen-bond acceptors (Lipinski definition) is 8. The van der Waals surface area contributed by atoms with Gasteiger partial charge in [-0.25, -0.2) is 13.2 Å². The first-order valence-electron chi connectivity index (χ1n) is 12.7. The number of nitrogens with zero attached hydrogens (tertiary/aromatic N) is 2. The lowest BCUT2D eigenvalue weighted by molar-refractivity contribution is -0.150. The van der Waals surface area contributed by atoms with Gasteiger partial charge in [0, 0.05) is 28.8 Å². The summed E-state index contributed by atoms with van der Waals surface area (Å²) in [6, 6.07) is 13.5. The number of methoxy groups -OCH3 is 3. The van der Waals surface area contributed by atoms with E-state index < -0.39 is 40.3 Å². The molecule has 1 heterocycles. The Morgan fingerprint density at radius 3 is 2.31 bits per heavy atom. The quantitative estimate of drug-likeness (QED) is 0.234. The second-order valence-electron chi connectivity index (χ2n) is 9.27. The maximum atomic E-state index is 14.3. The SMILES string of the molecule is COC(=O)[C@@H]1CCCN1C(=O)CN(c1ccc(Cl)cc1C(=O)c1ccccc1Cl)S(=O)(=O)c1ccc(OC)c(OC)c1. The molecule has 0 saturated carbocycles. The van der Waals surface area contributed by atoms with Gasteiger partial charge < -0.3 is 19.1 Å². The summed E-state index contributed by atoms with van der Waals surface area (Å²) in [6.07, 6.45) is 0.906. The summed E-state index contributed by atoms with van der Waals surface area (Å²) < 4.78 is 44.8. The van der Waals surface area contributed by atoms with Crippen LogP contribution in [0.2, 0.25) is 10.0 Å². The van der Waals surface area contributed by atoms with E-state index in [1.54, 1.807) is 12.1 Å². The van der Waals surface area contributed by atoms with E-state index in [9.17, 15) is 22.8 Å². The number of carbonyl (C=O) groups is 3. The van der Waals surface area contributed by atoms with Crippen LogP contribution in [-0.2, 0) is 24.3 Å². The zero-order valence-electron chi connectivity index (χ0n) is 23.0. The minimum Gasteiger partial charge on any atom is -0.493 e. The van der Waals surface area contributed by atoms with Crippen molar-refractivity contribution in [3.8, 4) is 11.5 Å². The van der Waals surface area contributed by atoms with Crippen LogP contribution < -0.4 is 13.8 Å². The van der Waals surface area contributed by atoms with Crippen molar-refractivity contribution in [1.82, 2.24) is 4.90 Å². The van der Waals surface area contributed by atoms with Crippen molar-refractivity contribution >= 4 is 56.6 Å². The highest BCUT2D eigenvalue weighted by atomic mass is 35.5. The van der Waals surface area contributed by atoms with Crippen LogP contribution in [0.4, 0.5) is 5.69 Å². The molecular formula is C29H28Cl2N2O8S. The van der Waals surface area contributed by atoms with E-state index in [0.717, 1.165) is 4.31 Å². The highest BCUT2D eigenvalue weighted by Gasteiger charge is 2.38. The molecule has 0 unspecified atom stereocenters. The smallest absolute Gasteiger partial charge is 0.328 e. The van der Waals surface area contributed by atoms with Crippen LogP contribution in [0.3, 0.4) is 0 Å². The number of halogens is 2. The molecule has 3 aromatic rings. The van der Waals surface area contributed by atoms with Gasteiger partial charge in [0.2, 0.25) is 5.91 Å². The molecule has 1 fully saturated rings. The van der Waals surface area contributed by atoms with Gasteiger partial charge in [-0.3, -0.25) is 13.9 Å². The Bertz CT molecular complexity index is 1630. The molecule has 0 radical (unpaired) electrons. The average Bonchev–Trinajstić information content (AvgIpc) is 3.49. The second-order valence-corrected chi connectivity index (χ2v) is 12.0. The van der Waals surface area contributed by atoms with Crippen LogP contribution in [0.25, 0.3) is 0 Å². The maximum Gasteiger partial charge on any atom is 0.328 e. The Morgan fingerprint density at radius 2 is 1.64 bits per heavy atom. The number of likely N-dealkylation sites (tertiary alicyclic amines) is 1. The molecule has 3 aromatic carbocycles. The molecule has 0 aliphatic carbocycles. The summed E-state index contributed by atoms with van der Waals surface area (Å²) in [4.78, 5) is 40.8. The van der Waals surface area contributed by atoms with Gasteiger partial charge in [-0.2, -0.15) is 0 Å². The maximum absolute atomic E-state index is 14.3. The summed E-state index contributed by atoms with van der Waals surface area (Å²) in [5.74, 6) is -1.43. The van der Waals surface area contributed by atoms with Crippen molar-refractivity contribution in [2.24, 2.45) is 0 Å². The predicted molar refractivity (Wildman–Crippen MR) is 157 cm³/mol. The van der Waals surface area contributed by atoms with E-state index in [2.05, 4.69) is 0 Å². The van der Waals surface area contributed by atoms with Crippen molar-refractivity contribution in [2.45, 2.75) is 23.8 Å². The van der Waals surface area contributed by atoms with Gasteiger partial charge in [0.05, 0.1) is 36.9 Å². The third-order valence-electron chi connectivity index (χ3n) is 6.86. The minimum atomic E-state index is -4.53. The van der Waals surface area contributed by atoms with E-state index >= 15 is 0 Å². The second kappa shape index (κ2) is 13.0. The van der Waals surface area contributed by atoms with Crippen molar-refractivity contribution in [1.29, 1.82) is 0 Å². The molecule has 42 heavy (non-hydrogen) atoms. The van der Waals surface area contributed by atoms with Crippen molar-refractivity contribution < 1.29 is 37.0 Å². The molecule has 1 aliphatic heterocycles. The van der Waals surface area contributed by atoms with Gasteiger partial charge in [0.25, 0.3) is 10.0 Å². The first-order chi connectivity index (χ1) is 20.0. The van der Waals surface area contributed by atoms with E-state index in [4.69, 9.17) is 37.4 Å². The Labute approximate surface area is 253 Å². The summed E-state index contributed by atoms with van der Waals surface area (Å²) in [5.41, 5.74) is -0.0950. The Kier molecular flexibility index (Phi) is 9.65. The number of ketones is 1. The van der Waals surface area contributed by atoms with E-state index in [1.165, 1.54) is 74.8 Å². The number of benzene rings is 3. The molecule has 1 atom stereocenters. The van der Waals surface area contributed by atoms with Crippen molar-refractivity contribution in [2.75, 3.05) is 38.7 Å². The van der Waals surface area contributed by atoms with Crippen LogP contribution in [0, 0.1) is 0 Å². The van der Waals surface area contributed by atoms with Crippen LogP contribution >= 0.6 is 23.2 Å². The summed E-state index contributed by atoms with van der Waals surface area (Å²) in [6.45, 7) is -0.497. The molecule has 4 rings (SSSR count). The molecule has 1 aliphatic rings. The Hall–Kier alpha value is -3.80. The topological polar surface area (TPSA) is 120 Å². The summed E-state index contributed by atoms with van der Waals surface area (Å²) in [5, 5.41) is 0.311. The van der Waals surface area contributed by atoms with Gasteiger partial charge in [-0.15, -0.1) is 0 Å². The lowest BCUT2D eigenvalue weighted by Crippen LogP contribution is -2.47. The third kappa shape index (κ3) is 6.18. The van der Waals surface area contributed by atoms with Crippen LogP contribution in [0.5, 0.6) is 11.5 Å². The van der Waals surface area contributed by atoms with E-state index in [1.807, 2.05) is 0 Å². The standard InChI is InChI=1S/C29H28Cl2N2O8S/c1-39-25-13-11-19(16-26(25)40-2)42(37,38)33(17-27(34)32-14-6-9-24(32)29(36)41-3)23-12-10-18(30)15-21(23)28(35)20-7-4-5-8-22(20)31/h4-5,7-8,10-13,15-16,24H,6,9,14,17H2,1-3H3/t24-/m0/s1. The van der Waals surface area contributed by atoms with Gasteiger partial charge in [0.1, 0.15) is 12.6 Å². The molecule has 1 saturated heterocycles. The van der Waals surface area contributed by atoms with E-state index in [-0.39, 0.29) is 49.8 Å². The Morgan fingerprint density at radius 1 is 0.929 bits per heavy atom. The molecule has 13 heteroatoms. The van der Waals surface area contributed by atoms with Crippen LogP contribution in [0.15, 0.2) is 65.6 Å². The van der Waals surface area contributed by atoms with E-state index in [0.29, 0.717) is 12.8 Å². The molecule has 0 aromatic heterocycles. The minimum absolute atomic E-state index is 0.0987. The van der Waals surface area contributed by atoms with Gasteiger partial charge in [-0.05, 0) is 55.3 Å². The third-order valence-corrected chi connectivity index (χ3v) is 9.18. The zero-order chi connectivity index (χ0) is 30.6. The lowest BCUT2D eigenvalue weighted by atomic mass is 10.0. The van der Waals surface area contributed by atoms with Gasteiger partial charge in [0.15, 0.2) is 17.3 Å². The summed E-state index contributed by atoms with van der Waals surface area (Å²) >= 11 is 12.6. The number of carbonyl (C=O) groups excluding carboxylic acids is 3.